The Hall–Kier alpha value is -1.68. The fourth-order valence-electron chi connectivity index (χ4n) is 1.44. The molecule has 2 aromatic heterocycles. The average Bonchev–Trinajstić information content (AvgIpc) is 2.83. The van der Waals surface area contributed by atoms with E-state index in [2.05, 4.69) is 10.3 Å². The molecule has 0 atom stereocenters. The Morgan fingerprint density at radius 2 is 2.31 bits per heavy atom. The Bertz CT molecular complexity index is 480. The first-order valence-electron chi connectivity index (χ1n) is 5.10. The maximum atomic E-state index is 12.1. The number of hydrogen-bond donors (Lipinski definition) is 1. The molecule has 0 fully saturated rings. The molecule has 0 unspecified atom stereocenters. The van der Waals surface area contributed by atoms with Gasteiger partial charge in [-0.3, -0.25) is 4.79 Å². The molecule has 1 N–H and O–H groups in total. The summed E-state index contributed by atoms with van der Waals surface area (Å²) in [5.41, 5.74) is 0.631. The van der Waals surface area contributed by atoms with Gasteiger partial charge in [-0.05, 0) is 30.5 Å². The number of pyridine rings is 1. The highest BCUT2D eigenvalue weighted by atomic mass is 32.1. The van der Waals surface area contributed by atoms with Gasteiger partial charge in [-0.25, -0.2) is 4.98 Å². The van der Waals surface area contributed by atoms with E-state index in [9.17, 15) is 4.79 Å². The minimum atomic E-state index is 0.0269. The van der Waals surface area contributed by atoms with Gasteiger partial charge < -0.3 is 5.32 Å². The summed E-state index contributed by atoms with van der Waals surface area (Å²) in [6.45, 7) is 2.73. The fraction of sp³-hybridized carbons (Fsp3) is 0.167. The van der Waals surface area contributed by atoms with Crippen LogP contribution in [0.4, 0.5) is 5.82 Å². The lowest BCUT2D eigenvalue weighted by atomic mass is 10.1. The first-order valence-corrected chi connectivity index (χ1v) is 5.98. The SMILES string of the molecule is CCNc1ncccc1C(=O)c1cccs1. The topological polar surface area (TPSA) is 42.0 Å². The molecular formula is C12H12N2OS. The van der Waals surface area contributed by atoms with Gasteiger partial charge in [0.25, 0.3) is 0 Å². The number of aromatic nitrogens is 1. The van der Waals surface area contributed by atoms with Crippen LogP contribution in [0, 0.1) is 0 Å². The van der Waals surface area contributed by atoms with E-state index in [1.54, 1.807) is 18.3 Å². The third-order valence-electron chi connectivity index (χ3n) is 2.14. The van der Waals surface area contributed by atoms with Gasteiger partial charge >= 0.3 is 0 Å². The number of hydrogen-bond acceptors (Lipinski definition) is 4. The summed E-state index contributed by atoms with van der Waals surface area (Å²) >= 11 is 1.45. The first kappa shape index (κ1) is 10.8. The lowest BCUT2D eigenvalue weighted by molar-refractivity contribution is 0.104. The van der Waals surface area contributed by atoms with E-state index in [-0.39, 0.29) is 5.78 Å². The molecule has 16 heavy (non-hydrogen) atoms. The molecule has 0 aliphatic carbocycles. The van der Waals surface area contributed by atoms with Crippen molar-refractivity contribution in [3.8, 4) is 0 Å². The predicted molar refractivity (Wildman–Crippen MR) is 66.2 cm³/mol. The van der Waals surface area contributed by atoms with Gasteiger partial charge in [0.05, 0.1) is 10.4 Å². The number of nitrogens with one attached hydrogen (secondary N) is 1. The van der Waals surface area contributed by atoms with Crippen LogP contribution in [-0.2, 0) is 0 Å². The van der Waals surface area contributed by atoms with E-state index < -0.39 is 0 Å². The van der Waals surface area contributed by atoms with E-state index >= 15 is 0 Å². The molecule has 0 aliphatic heterocycles. The Balaban J connectivity index is 2.36. The number of rotatable bonds is 4. The molecule has 82 valence electrons. The lowest BCUT2D eigenvalue weighted by Gasteiger charge is -2.06. The van der Waals surface area contributed by atoms with Crippen molar-refractivity contribution in [2.24, 2.45) is 0 Å². The molecule has 3 nitrogen and oxygen atoms in total. The van der Waals surface area contributed by atoms with Crippen molar-refractivity contribution in [2.45, 2.75) is 6.92 Å². The average molecular weight is 232 g/mol. The van der Waals surface area contributed by atoms with Gasteiger partial charge in [0, 0.05) is 12.7 Å². The molecule has 4 heteroatoms. The Kier molecular flexibility index (Phi) is 3.31. The van der Waals surface area contributed by atoms with Crippen LogP contribution in [0.2, 0.25) is 0 Å². The zero-order chi connectivity index (χ0) is 11.4. The Labute approximate surface area is 98.2 Å². The summed E-state index contributed by atoms with van der Waals surface area (Å²) in [7, 11) is 0. The van der Waals surface area contributed by atoms with Gasteiger partial charge in [0.2, 0.25) is 5.78 Å². The molecular weight excluding hydrogens is 220 g/mol. The second-order valence-electron chi connectivity index (χ2n) is 3.24. The predicted octanol–water partition coefficient (Wildman–Crippen LogP) is 2.81. The number of nitrogens with zero attached hydrogens (tertiary/aromatic N) is 1. The summed E-state index contributed by atoms with van der Waals surface area (Å²) in [5.74, 6) is 0.683. The number of ketones is 1. The van der Waals surface area contributed by atoms with Crippen molar-refractivity contribution < 1.29 is 4.79 Å². The van der Waals surface area contributed by atoms with Crippen LogP contribution in [0.5, 0.6) is 0 Å². The number of anilines is 1. The van der Waals surface area contributed by atoms with Crippen molar-refractivity contribution in [1.82, 2.24) is 4.98 Å². The summed E-state index contributed by atoms with van der Waals surface area (Å²) in [6.07, 6.45) is 1.68. The molecule has 0 aliphatic rings. The molecule has 0 aromatic carbocycles. The van der Waals surface area contributed by atoms with E-state index in [0.717, 1.165) is 11.4 Å². The number of thiophene rings is 1. The van der Waals surface area contributed by atoms with Gasteiger partial charge in [-0.2, -0.15) is 0 Å². The second-order valence-corrected chi connectivity index (χ2v) is 4.18. The van der Waals surface area contributed by atoms with E-state index in [1.807, 2.05) is 24.4 Å². The van der Waals surface area contributed by atoms with Gasteiger partial charge in [-0.15, -0.1) is 11.3 Å². The van der Waals surface area contributed by atoms with Gasteiger partial charge in [0.15, 0.2) is 0 Å². The lowest BCUT2D eigenvalue weighted by Crippen LogP contribution is -2.08. The van der Waals surface area contributed by atoms with E-state index in [4.69, 9.17) is 0 Å². The van der Waals surface area contributed by atoms with E-state index in [1.165, 1.54) is 11.3 Å². The molecule has 0 saturated heterocycles. The van der Waals surface area contributed by atoms with Crippen molar-refractivity contribution in [1.29, 1.82) is 0 Å². The monoisotopic (exact) mass is 232 g/mol. The van der Waals surface area contributed by atoms with Crippen molar-refractivity contribution in [3.63, 3.8) is 0 Å². The zero-order valence-corrected chi connectivity index (χ0v) is 9.75. The zero-order valence-electron chi connectivity index (χ0n) is 8.93. The summed E-state index contributed by atoms with van der Waals surface area (Å²) in [4.78, 5) is 17.0. The standard InChI is InChI=1S/C12H12N2OS/c1-2-13-12-9(5-3-7-14-12)11(15)10-6-4-8-16-10/h3-8H,2H2,1H3,(H,13,14). The Morgan fingerprint density at radius 1 is 1.44 bits per heavy atom. The molecule has 0 radical (unpaired) electrons. The summed E-state index contributed by atoms with van der Waals surface area (Å²) in [6, 6.07) is 7.28. The summed E-state index contributed by atoms with van der Waals surface area (Å²) < 4.78 is 0. The molecule has 0 spiro atoms. The van der Waals surface area contributed by atoms with Crippen molar-refractivity contribution >= 4 is 22.9 Å². The van der Waals surface area contributed by atoms with Gasteiger partial charge in [0.1, 0.15) is 5.82 Å². The van der Waals surface area contributed by atoms with Crippen LogP contribution < -0.4 is 5.32 Å². The van der Waals surface area contributed by atoms with Crippen LogP contribution in [-0.4, -0.2) is 17.3 Å². The maximum absolute atomic E-state index is 12.1. The first-order chi connectivity index (χ1) is 7.83. The maximum Gasteiger partial charge on any atom is 0.206 e. The highest BCUT2D eigenvalue weighted by molar-refractivity contribution is 7.12. The van der Waals surface area contributed by atoms with Crippen LogP contribution in [0.15, 0.2) is 35.8 Å². The molecule has 0 amide bonds. The fourth-order valence-corrected chi connectivity index (χ4v) is 2.12. The minimum Gasteiger partial charge on any atom is -0.370 e. The van der Waals surface area contributed by atoms with Crippen LogP contribution in [0.1, 0.15) is 22.2 Å². The third-order valence-corrected chi connectivity index (χ3v) is 3.01. The molecule has 2 aromatic rings. The minimum absolute atomic E-state index is 0.0269. The van der Waals surface area contributed by atoms with Crippen LogP contribution in [0.3, 0.4) is 0 Å². The number of carbonyl (C=O) groups is 1. The van der Waals surface area contributed by atoms with E-state index in [0.29, 0.717) is 11.4 Å². The van der Waals surface area contributed by atoms with Gasteiger partial charge in [-0.1, -0.05) is 6.07 Å². The van der Waals surface area contributed by atoms with Crippen LogP contribution in [0.25, 0.3) is 0 Å². The number of carbonyl (C=O) groups excluding carboxylic acids is 1. The summed E-state index contributed by atoms with van der Waals surface area (Å²) in [5, 5.41) is 4.99. The Morgan fingerprint density at radius 3 is 3.00 bits per heavy atom. The quantitative estimate of drug-likeness (QED) is 0.824. The van der Waals surface area contributed by atoms with Crippen molar-refractivity contribution in [3.05, 3.63) is 46.3 Å². The highest BCUT2D eigenvalue weighted by Gasteiger charge is 2.14. The third kappa shape index (κ3) is 2.12. The smallest absolute Gasteiger partial charge is 0.206 e. The molecule has 2 rings (SSSR count). The highest BCUT2D eigenvalue weighted by Crippen LogP contribution is 2.19. The largest absolute Gasteiger partial charge is 0.370 e. The molecule has 2 heterocycles. The second kappa shape index (κ2) is 4.90. The normalized spacial score (nSPS) is 10.1. The molecule has 0 bridgehead atoms. The van der Waals surface area contributed by atoms with Crippen LogP contribution >= 0.6 is 11.3 Å². The van der Waals surface area contributed by atoms with Crippen molar-refractivity contribution in [2.75, 3.05) is 11.9 Å². The molecule has 0 saturated carbocycles.